The first-order valence-electron chi connectivity index (χ1n) is 6.65. The molecule has 9 heteroatoms. The van der Waals surface area contributed by atoms with Gasteiger partial charge in [0.15, 0.2) is 6.61 Å². The van der Waals surface area contributed by atoms with Crippen molar-refractivity contribution < 1.29 is 27.1 Å². The zero-order valence-corrected chi connectivity index (χ0v) is 11.5. The molecule has 1 saturated heterocycles. The minimum Gasteiger partial charge on any atom is -0.471 e. The average molecular weight is 321 g/mol. The summed E-state index contributed by atoms with van der Waals surface area (Å²) in [5.74, 6) is -4.74. The summed E-state index contributed by atoms with van der Waals surface area (Å²) in [4.78, 5) is 15.5. The van der Waals surface area contributed by atoms with Crippen LogP contribution in [0.4, 0.5) is 23.2 Å². The van der Waals surface area contributed by atoms with Crippen LogP contribution < -0.4 is 15.4 Å². The molecule has 1 amide bonds. The molecule has 1 unspecified atom stereocenters. The summed E-state index contributed by atoms with van der Waals surface area (Å²) in [6, 6.07) is 2.63. The third-order valence-electron chi connectivity index (χ3n) is 3.17. The maximum atomic E-state index is 12.7. The molecule has 1 aromatic rings. The quantitative estimate of drug-likeness (QED) is 0.786. The van der Waals surface area contributed by atoms with Crippen molar-refractivity contribution in [2.75, 3.05) is 25.0 Å². The van der Waals surface area contributed by atoms with Gasteiger partial charge in [-0.25, -0.2) is 13.8 Å². The molecule has 0 spiro atoms. The Morgan fingerprint density at radius 2 is 2.27 bits per heavy atom. The fourth-order valence-electron chi connectivity index (χ4n) is 1.90. The van der Waals surface area contributed by atoms with Gasteiger partial charge in [-0.05, 0) is 19.0 Å². The fraction of sp³-hybridized carbons (Fsp3) is 0.538. The Morgan fingerprint density at radius 3 is 2.82 bits per heavy atom. The van der Waals surface area contributed by atoms with Crippen LogP contribution in [0, 0.1) is 5.92 Å². The SMILES string of the molecule is O=C(Nc1ccc(OCC(F)(F)C(F)F)nc1)C1CCNC1. The van der Waals surface area contributed by atoms with Crippen molar-refractivity contribution >= 4 is 11.6 Å². The number of anilines is 1. The number of hydrogen-bond acceptors (Lipinski definition) is 4. The second kappa shape index (κ2) is 6.91. The van der Waals surface area contributed by atoms with Crippen LogP contribution in [0.15, 0.2) is 18.3 Å². The Kier molecular flexibility index (Phi) is 5.17. The summed E-state index contributed by atoms with van der Waals surface area (Å²) in [6.45, 7) is -0.0816. The predicted molar refractivity (Wildman–Crippen MR) is 70.3 cm³/mol. The second-order valence-electron chi connectivity index (χ2n) is 4.91. The summed E-state index contributed by atoms with van der Waals surface area (Å²) >= 11 is 0. The second-order valence-corrected chi connectivity index (χ2v) is 4.91. The van der Waals surface area contributed by atoms with E-state index >= 15 is 0 Å². The van der Waals surface area contributed by atoms with Crippen LogP contribution in [0.2, 0.25) is 0 Å². The lowest BCUT2D eigenvalue weighted by Gasteiger charge is -2.15. The maximum absolute atomic E-state index is 12.7. The number of rotatable bonds is 6. The molecule has 0 aliphatic carbocycles. The van der Waals surface area contributed by atoms with Gasteiger partial charge in [-0.3, -0.25) is 4.79 Å². The van der Waals surface area contributed by atoms with Gasteiger partial charge in [0, 0.05) is 12.6 Å². The van der Waals surface area contributed by atoms with E-state index in [1.807, 2.05) is 0 Å². The van der Waals surface area contributed by atoms with Crippen molar-refractivity contribution in [3.05, 3.63) is 18.3 Å². The minimum absolute atomic E-state index is 0.124. The van der Waals surface area contributed by atoms with Crippen LogP contribution in [-0.4, -0.2) is 42.9 Å². The van der Waals surface area contributed by atoms with Gasteiger partial charge in [-0.2, -0.15) is 8.78 Å². The predicted octanol–water partition coefficient (Wildman–Crippen LogP) is 1.91. The molecule has 5 nitrogen and oxygen atoms in total. The van der Waals surface area contributed by atoms with E-state index in [-0.39, 0.29) is 17.7 Å². The molecule has 2 heterocycles. The number of carbonyl (C=O) groups excluding carboxylic acids is 1. The van der Waals surface area contributed by atoms with Crippen LogP contribution in [0.1, 0.15) is 6.42 Å². The van der Waals surface area contributed by atoms with Gasteiger partial charge in [0.25, 0.3) is 0 Å². The lowest BCUT2D eigenvalue weighted by molar-refractivity contribution is -0.148. The molecule has 1 fully saturated rings. The third kappa shape index (κ3) is 4.30. The number of nitrogens with zero attached hydrogens (tertiary/aromatic N) is 1. The molecule has 0 aromatic carbocycles. The molecule has 22 heavy (non-hydrogen) atoms. The summed E-state index contributed by atoms with van der Waals surface area (Å²) in [6.07, 6.45) is -1.84. The Labute approximate surface area is 124 Å². The third-order valence-corrected chi connectivity index (χ3v) is 3.17. The molecule has 1 aliphatic rings. The average Bonchev–Trinajstić information content (AvgIpc) is 3.01. The number of hydrogen-bond donors (Lipinski definition) is 2. The molecule has 122 valence electrons. The van der Waals surface area contributed by atoms with Crippen LogP contribution >= 0.6 is 0 Å². The van der Waals surface area contributed by atoms with E-state index in [4.69, 9.17) is 0 Å². The van der Waals surface area contributed by atoms with E-state index in [2.05, 4.69) is 20.4 Å². The number of amides is 1. The molecule has 1 aliphatic heterocycles. The van der Waals surface area contributed by atoms with Crippen molar-refractivity contribution in [1.82, 2.24) is 10.3 Å². The number of ether oxygens (including phenoxy) is 1. The number of carbonyl (C=O) groups is 1. The molecule has 2 N–H and O–H groups in total. The van der Waals surface area contributed by atoms with Crippen LogP contribution in [0.5, 0.6) is 5.88 Å². The maximum Gasteiger partial charge on any atom is 0.340 e. The summed E-state index contributed by atoms with van der Waals surface area (Å²) in [7, 11) is 0. The normalized spacial score (nSPS) is 18.5. The Balaban J connectivity index is 1.86. The topological polar surface area (TPSA) is 63.2 Å². The first kappa shape index (κ1) is 16.5. The van der Waals surface area contributed by atoms with E-state index in [9.17, 15) is 22.4 Å². The van der Waals surface area contributed by atoms with Gasteiger partial charge in [0.2, 0.25) is 11.8 Å². The molecular weight excluding hydrogens is 306 g/mol. The molecule has 0 radical (unpaired) electrons. The molecule has 0 bridgehead atoms. The number of nitrogens with one attached hydrogen (secondary N) is 2. The van der Waals surface area contributed by atoms with Crippen LogP contribution in [0.25, 0.3) is 0 Å². The van der Waals surface area contributed by atoms with E-state index in [1.165, 1.54) is 18.3 Å². The largest absolute Gasteiger partial charge is 0.471 e. The lowest BCUT2D eigenvalue weighted by Crippen LogP contribution is -2.33. The number of alkyl halides is 4. The summed E-state index contributed by atoms with van der Waals surface area (Å²) in [5, 5.41) is 5.70. The molecule has 1 atom stereocenters. The van der Waals surface area contributed by atoms with Crippen molar-refractivity contribution in [3.8, 4) is 5.88 Å². The molecule has 1 aromatic heterocycles. The van der Waals surface area contributed by atoms with E-state index < -0.39 is 19.0 Å². The molecule has 2 rings (SSSR count). The van der Waals surface area contributed by atoms with Gasteiger partial charge < -0.3 is 15.4 Å². The summed E-state index contributed by atoms with van der Waals surface area (Å²) in [5.41, 5.74) is 0.380. The summed E-state index contributed by atoms with van der Waals surface area (Å²) < 4.78 is 53.8. The van der Waals surface area contributed by atoms with Crippen LogP contribution in [-0.2, 0) is 4.79 Å². The van der Waals surface area contributed by atoms with Gasteiger partial charge >= 0.3 is 12.3 Å². The highest BCUT2D eigenvalue weighted by molar-refractivity contribution is 5.92. The highest BCUT2D eigenvalue weighted by atomic mass is 19.3. The Hall–Kier alpha value is -1.90. The van der Waals surface area contributed by atoms with Gasteiger partial charge in [0.05, 0.1) is 17.8 Å². The van der Waals surface area contributed by atoms with Gasteiger partial charge in [-0.15, -0.1) is 0 Å². The zero-order valence-electron chi connectivity index (χ0n) is 11.5. The minimum atomic E-state index is -4.23. The Bertz CT molecular complexity index is 505. The van der Waals surface area contributed by atoms with Crippen LogP contribution in [0.3, 0.4) is 0 Å². The zero-order chi connectivity index (χ0) is 16.2. The smallest absolute Gasteiger partial charge is 0.340 e. The van der Waals surface area contributed by atoms with Gasteiger partial charge in [-0.1, -0.05) is 0 Å². The molecule has 0 saturated carbocycles. The first-order chi connectivity index (χ1) is 10.4. The van der Waals surface area contributed by atoms with Crippen molar-refractivity contribution in [2.45, 2.75) is 18.8 Å². The standard InChI is InChI=1S/C13H15F4N3O2/c14-12(15)13(16,17)7-22-10-2-1-9(6-19-10)20-11(21)8-3-4-18-5-8/h1-2,6,8,12,18H,3-5,7H2,(H,20,21). The van der Waals surface area contributed by atoms with Gasteiger partial charge in [0.1, 0.15) is 0 Å². The highest BCUT2D eigenvalue weighted by Gasteiger charge is 2.41. The number of halogens is 4. The van der Waals surface area contributed by atoms with E-state index in [0.29, 0.717) is 12.2 Å². The molecular formula is C13H15F4N3O2. The van der Waals surface area contributed by atoms with Crippen molar-refractivity contribution in [2.24, 2.45) is 5.92 Å². The van der Waals surface area contributed by atoms with Crippen molar-refractivity contribution in [1.29, 1.82) is 0 Å². The number of pyridine rings is 1. The lowest BCUT2D eigenvalue weighted by atomic mass is 10.1. The monoisotopic (exact) mass is 321 g/mol. The highest BCUT2D eigenvalue weighted by Crippen LogP contribution is 2.24. The Morgan fingerprint density at radius 1 is 1.50 bits per heavy atom. The van der Waals surface area contributed by atoms with Crippen molar-refractivity contribution in [3.63, 3.8) is 0 Å². The van der Waals surface area contributed by atoms with E-state index in [1.54, 1.807) is 0 Å². The number of aromatic nitrogens is 1. The first-order valence-corrected chi connectivity index (χ1v) is 6.65. The fourth-order valence-corrected chi connectivity index (χ4v) is 1.90. The van der Waals surface area contributed by atoms with E-state index in [0.717, 1.165) is 13.0 Å².